The van der Waals surface area contributed by atoms with Crippen LogP contribution in [0.1, 0.15) is 49.4 Å². The Morgan fingerprint density at radius 3 is 2.62 bits per heavy atom. The Kier molecular flexibility index (Phi) is 5.45. The normalized spacial score (nSPS) is 20.7. The smallest absolute Gasteiger partial charge is 0.220 e. The van der Waals surface area contributed by atoms with Gasteiger partial charge in [-0.1, -0.05) is 30.3 Å². The summed E-state index contributed by atoms with van der Waals surface area (Å²) in [5, 5.41) is 9.79. The van der Waals surface area contributed by atoms with Crippen molar-refractivity contribution in [2.24, 2.45) is 13.0 Å². The van der Waals surface area contributed by atoms with Gasteiger partial charge in [0.1, 0.15) is 0 Å². The van der Waals surface area contributed by atoms with Crippen LogP contribution in [0.2, 0.25) is 0 Å². The fourth-order valence-electron chi connectivity index (χ4n) is 3.47. The molecule has 1 fully saturated rings. The topological polar surface area (TPSA) is 62.7 Å². The van der Waals surface area contributed by atoms with Crippen LogP contribution in [-0.4, -0.2) is 20.7 Å². The first-order valence-corrected chi connectivity index (χ1v) is 8.96. The summed E-state index contributed by atoms with van der Waals surface area (Å²) in [6.45, 7) is 0.418. The molecule has 3 rings (SSSR count). The van der Waals surface area contributed by atoms with Gasteiger partial charge >= 0.3 is 0 Å². The van der Waals surface area contributed by atoms with Crippen LogP contribution in [0.4, 0.5) is 0 Å². The molecule has 0 atom stereocenters. The number of aromatic nitrogens is 3. The van der Waals surface area contributed by atoms with Crippen molar-refractivity contribution < 1.29 is 4.79 Å². The molecule has 0 unspecified atom stereocenters. The van der Waals surface area contributed by atoms with E-state index >= 15 is 0 Å². The molecule has 0 bridgehead atoms. The second-order valence-corrected chi connectivity index (χ2v) is 7.00. The highest BCUT2D eigenvalue weighted by Gasteiger charge is 2.24. The number of benzene rings is 1. The van der Waals surface area contributed by atoms with Crippen molar-refractivity contribution in [3.8, 4) is 0 Å². The van der Waals surface area contributed by atoms with Crippen LogP contribution < -0.4 is 5.32 Å². The third-order valence-corrected chi connectivity index (χ3v) is 5.37. The van der Waals surface area contributed by atoms with Crippen molar-refractivity contribution in [3.63, 3.8) is 0 Å². The molecule has 0 aliphatic heterocycles. The van der Waals surface area contributed by atoms with E-state index in [1.165, 1.54) is 18.4 Å². The zero-order valence-corrected chi connectivity index (χ0v) is 14.8. The fourth-order valence-corrected chi connectivity index (χ4v) is 3.63. The Hall–Kier alpha value is -1.95. The van der Waals surface area contributed by atoms with Crippen molar-refractivity contribution in [2.75, 3.05) is 0 Å². The molecular formula is C18H24N4OS. The highest BCUT2D eigenvalue weighted by atomic mass is 32.1. The van der Waals surface area contributed by atoms with Crippen LogP contribution >= 0.6 is 12.2 Å². The second-order valence-electron chi connectivity index (χ2n) is 6.61. The highest BCUT2D eigenvalue weighted by Crippen LogP contribution is 2.36. The number of rotatable bonds is 5. The Bertz CT molecular complexity index is 729. The van der Waals surface area contributed by atoms with E-state index in [0.29, 0.717) is 29.6 Å². The summed E-state index contributed by atoms with van der Waals surface area (Å²) >= 11 is 5.07. The Morgan fingerprint density at radius 1 is 1.29 bits per heavy atom. The van der Waals surface area contributed by atoms with Crippen LogP contribution in [-0.2, 0) is 18.4 Å². The van der Waals surface area contributed by atoms with E-state index in [2.05, 4.69) is 45.8 Å². The molecule has 5 nitrogen and oxygen atoms in total. The van der Waals surface area contributed by atoms with Crippen molar-refractivity contribution in [3.05, 3.63) is 46.5 Å². The molecule has 0 radical (unpaired) electrons. The number of aromatic amines is 1. The van der Waals surface area contributed by atoms with Crippen molar-refractivity contribution >= 4 is 18.1 Å². The fraction of sp³-hybridized carbons (Fsp3) is 0.500. The zero-order valence-electron chi connectivity index (χ0n) is 14.0. The first-order valence-electron chi connectivity index (χ1n) is 8.55. The third-order valence-electron chi connectivity index (χ3n) is 5.01. The lowest BCUT2D eigenvalue weighted by Gasteiger charge is -2.28. The van der Waals surface area contributed by atoms with Gasteiger partial charge in [-0.25, -0.2) is 0 Å². The van der Waals surface area contributed by atoms with E-state index in [9.17, 15) is 4.79 Å². The summed E-state index contributed by atoms with van der Waals surface area (Å²) in [6.07, 6.45) is 5.21. The molecule has 1 aliphatic carbocycles. The van der Waals surface area contributed by atoms with Gasteiger partial charge in [-0.15, -0.1) is 0 Å². The van der Waals surface area contributed by atoms with E-state index in [0.717, 1.165) is 18.7 Å². The van der Waals surface area contributed by atoms with Crippen LogP contribution in [0.3, 0.4) is 0 Å². The maximum atomic E-state index is 12.2. The number of carbonyl (C=O) groups is 1. The summed E-state index contributed by atoms with van der Waals surface area (Å²) in [5.74, 6) is 2.00. The minimum atomic E-state index is 0.104. The van der Waals surface area contributed by atoms with E-state index in [4.69, 9.17) is 12.2 Å². The molecule has 0 spiro atoms. The van der Waals surface area contributed by atoms with Gasteiger partial charge in [-0.05, 0) is 55.3 Å². The van der Waals surface area contributed by atoms with E-state index in [1.54, 1.807) is 4.57 Å². The monoisotopic (exact) mass is 344 g/mol. The van der Waals surface area contributed by atoms with Gasteiger partial charge in [-0.2, -0.15) is 5.10 Å². The number of carbonyl (C=O) groups excluding carboxylic acids is 1. The molecule has 24 heavy (non-hydrogen) atoms. The maximum absolute atomic E-state index is 12.2. The average molecular weight is 344 g/mol. The van der Waals surface area contributed by atoms with E-state index < -0.39 is 0 Å². The lowest BCUT2D eigenvalue weighted by atomic mass is 9.77. The number of amides is 1. The molecule has 2 aromatic rings. The summed E-state index contributed by atoms with van der Waals surface area (Å²) < 4.78 is 2.35. The van der Waals surface area contributed by atoms with Gasteiger partial charge < -0.3 is 9.88 Å². The summed E-state index contributed by atoms with van der Waals surface area (Å²) in [5.41, 5.74) is 1.44. The Labute approximate surface area is 147 Å². The van der Waals surface area contributed by atoms with Gasteiger partial charge in [0.15, 0.2) is 10.6 Å². The van der Waals surface area contributed by atoms with Crippen molar-refractivity contribution in [1.82, 2.24) is 20.1 Å². The molecular weight excluding hydrogens is 320 g/mol. The van der Waals surface area contributed by atoms with Gasteiger partial charge in [0.05, 0.1) is 6.54 Å². The number of H-pyrrole nitrogens is 1. The molecule has 1 aromatic heterocycles. The van der Waals surface area contributed by atoms with Crippen LogP contribution in [0.15, 0.2) is 30.3 Å². The lowest BCUT2D eigenvalue weighted by molar-refractivity contribution is -0.122. The maximum Gasteiger partial charge on any atom is 0.220 e. The van der Waals surface area contributed by atoms with Crippen LogP contribution in [0, 0.1) is 10.7 Å². The largest absolute Gasteiger partial charge is 0.349 e. The molecule has 6 heteroatoms. The standard InChI is InChI=1S/C18H24N4OS/c1-22-16(20-21-18(22)24)12-19-17(23)11-13-7-9-15(10-8-13)14-5-3-2-4-6-14/h2-6,13,15H,7-12H2,1H3,(H,19,23)(H,21,24). The zero-order chi connectivity index (χ0) is 16.9. The number of hydrogen-bond acceptors (Lipinski definition) is 3. The predicted molar refractivity (Wildman–Crippen MR) is 96.0 cm³/mol. The SMILES string of the molecule is Cn1c(CNC(=O)CC2CCC(c3ccccc3)CC2)n[nH]c1=S. The quantitative estimate of drug-likeness (QED) is 0.817. The van der Waals surface area contributed by atoms with Gasteiger partial charge in [0, 0.05) is 13.5 Å². The molecule has 1 aromatic carbocycles. The first-order chi connectivity index (χ1) is 11.6. The molecule has 1 saturated carbocycles. The van der Waals surface area contributed by atoms with Crippen LogP contribution in [0.25, 0.3) is 0 Å². The van der Waals surface area contributed by atoms with E-state index in [1.807, 2.05) is 7.05 Å². The Morgan fingerprint density at radius 2 is 2.00 bits per heavy atom. The minimum Gasteiger partial charge on any atom is -0.349 e. The average Bonchev–Trinajstić information content (AvgIpc) is 2.93. The minimum absolute atomic E-state index is 0.104. The van der Waals surface area contributed by atoms with Gasteiger partial charge in [0.25, 0.3) is 0 Å². The van der Waals surface area contributed by atoms with Gasteiger partial charge in [0.2, 0.25) is 5.91 Å². The predicted octanol–water partition coefficient (Wildman–Crippen LogP) is 3.46. The lowest BCUT2D eigenvalue weighted by Crippen LogP contribution is -2.27. The van der Waals surface area contributed by atoms with E-state index in [-0.39, 0.29) is 5.91 Å². The molecule has 1 heterocycles. The van der Waals surface area contributed by atoms with Crippen molar-refractivity contribution in [1.29, 1.82) is 0 Å². The molecule has 2 N–H and O–H groups in total. The molecule has 128 valence electrons. The molecule has 1 amide bonds. The summed E-state index contributed by atoms with van der Waals surface area (Å²) in [6, 6.07) is 10.7. The second kappa shape index (κ2) is 7.75. The summed E-state index contributed by atoms with van der Waals surface area (Å²) in [4.78, 5) is 12.2. The third kappa shape index (κ3) is 4.12. The highest BCUT2D eigenvalue weighted by molar-refractivity contribution is 7.71. The Balaban J connectivity index is 1.43. The first kappa shape index (κ1) is 16.9. The van der Waals surface area contributed by atoms with Crippen molar-refractivity contribution in [2.45, 2.75) is 44.6 Å². The number of nitrogens with one attached hydrogen (secondary N) is 2. The number of hydrogen-bond donors (Lipinski definition) is 2. The number of nitrogens with zero attached hydrogens (tertiary/aromatic N) is 2. The summed E-state index contributed by atoms with van der Waals surface area (Å²) in [7, 11) is 1.85. The molecule has 0 saturated heterocycles. The van der Waals surface area contributed by atoms with Gasteiger partial charge in [-0.3, -0.25) is 9.89 Å². The van der Waals surface area contributed by atoms with Crippen LogP contribution in [0.5, 0.6) is 0 Å². The molecule has 1 aliphatic rings.